The summed E-state index contributed by atoms with van der Waals surface area (Å²) in [4.78, 5) is 3.73. The zero-order valence-electron chi connectivity index (χ0n) is 9.11. The van der Waals surface area contributed by atoms with Gasteiger partial charge in [-0.3, -0.25) is 4.98 Å². The van der Waals surface area contributed by atoms with Crippen molar-refractivity contribution in [3.8, 4) is 0 Å². The predicted octanol–water partition coefficient (Wildman–Crippen LogP) is 2.68. The molecule has 2 aromatic rings. The molecule has 0 bridgehead atoms. The number of nitrogens with zero attached hydrogens (tertiary/aromatic N) is 1. The molecular formula is C13H12F2N2. The molecule has 0 aliphatic carbocycles. The van der Waals surface area contributed by atoms with Crippen LogP contribution in [0.5, 0.6) is 0 Å². The fraction of sp³-hybridized carbons (Fsp3) is 0.154. The van der Waals surface area contributed by atoms with E-state index in [1.807, 2.05) is 0 Å². The number of hydrogen-bond donors (Lipinski definition) is 1. The van der Waals surface area contributed by atoms with E-state index >= 15 is 0 Å². The number of nitrogens with two attached hydrogens (primary N) is 1. The molecule has 2 N–H and O–H groups in total. The van der Waals surface area contributed by atoms with Gasteiger partial charge in [-0.05, 0) is 23.8 Å². The van der Waals surface area contributed by atoms with E-state index in [4.69, 9.17) is 5.73 Å². The number of benzene rings is 1. The largest absolute Gasteiger partial charge is 0.326 e. The Morgan fingerprint density at radius 2 is 1.76 bits per heavy atom. The average molecular weight is 234 g/mol. The van der Waals surface area contributed by atoms with Crippen LogP contribution in [0.25, 0.3) is 0 Å². The molecule has 0 saturated carbocycles. The van der Waals surface area contributed by atoms with Gasteiger partial charge in [0.25, 0.3) is 5.92 Å². The summed E-state index contributed by atoms with van der Waals surface area (Å²) in [6.07, 6.45) is 2.71. The molecule has 0 unspecified atom stereocenters. The molecule has 17 heavy (non-hydrogen) atoms. The monoisotopic (exact) mass is 234 g/mol. The first kappa shape index (κ1) is 11.7. The Labute approximate surface area is 98.1 Å². The lowest BCUT2D eigenvalue weighted by Gasteiger charge is -2.17. The van der Waals surface area contributed by atoms with Crippen molar-refractivity contribution in [2.45, 2.75) is 12.5 Å². The van der Waals surface area contributed by atoms with Crippen molar-refractivity contribution in [3.63, 3.8) is 0 Å². The van der Waals surface area contributed by atoms with Crippen molar-refractivity contribution in [1.29, 1.82) is 0 Å². The first-order chi connectivity index (χ1) is 8.14. The van der Waals surface area contributed by atoms with Crippen molar-refractivity contribution < 1.29 is 8.78 Å². The van der Waals surface area contributed by atoms with Gasteiger partial charge in [-0.15, -0.1) is 0 Å². The maximum atomic E-state index is 14.1. The van der Waals surface area contributed by atoms with Crippen molar-refractivity contribution in [1.82, 2.24) is 4.98 Å². The van der Waals surface area contributed by atoms with Crippen LogP contribution in [0.3, 0.4) is 0 Å². The van der Waals surface area contributed by atoms with Crippen LogP contribution in [0.2, 0.25) is 0 Å². The normalized spacial score (nSPS) is 11.5. The highest BCUT2D eigenvalue weighted by Gasteiger charge is 2.33. The lowest BCUT2D eigenvalue weighted by atomic mass is 9.99. The third kappa shape index (κ3) is 2.31. The predicted molar refractivity (Wildman–Crippen MR) is 61.6 cm³/mol. The van der Waals surface area contributed by atoms with Crippen LogP contribution >= 0.6 is 0 Å². The van der Waals surface area contributed by atoms with Crippen LogP contribution in [0, 0.1) is 0 Å². The van der Waals surface area contributed by atoms with E-state index in [1.165, 1.54) is 36.7 Å². The lowest BCUT2D eigenvalue weighted by Crippen LogP contribution is -2.15. The Hall–Kier alpha value is -1.81. The molecule has 0 aliphatic rings. The fourth-order valence-electron chi connectivity index (χ4n) is 1.62. The van der Waals surface area contributed by atoms with E-state index < -0.39 is 5.92 Å². The minimum Gasteiger partial charge on any atom is -0.326 e. The second-order valence-corrected chi connectivity index (χ2v) is 3.71. The molecule has 1 heterocycles. The number of aromatic nitrogens is 1. The van der Waals surface area contributed by atoms with Gasteiger partial charge in [0.15, 0.2) is 0 Å². The molecule has 0 radical (unpaired) electrons. The van der Waals surface area contributed by atoms with Crippen LogP contribution in [-0.4, -0.2) is 4.98 Å². The first-order valence-electron chi connectivity index (χ1n) is 5.22. The molecular weight excluding hydrogens is 222 g/mol. The van der Waals surface area contributed by atoms with Crippen LogP contribution in [0.4, 0.5) is 8.78 Å². The summed E-state index contributed by atoms with van der Waals surface area (Å²) in [7, 11) is 0. The number of rotatable bonds is 3. The second kappa shape index (κ2) is 4.59. The van der Waals surface area contributed by atoms with E-state index in [9.17, 15) is 8.78 Å². The van der Waals surface area contributed by atoms with Crippen molar-refractivity contribution in [3.05, 3.63) is 65.5 Å². The summed E-state index contributed by atoms with van der Waals surface area (Å²) < 4.78 is 28.3. The molecule has 4 heteroatoms. The lowest BCUT2D eigenvalue weighted by molar-refractivity contribution is 0.0427. The Kier molecular flexibility index (Phi) is 3.15. The molecule has 2 nitrogen and oxygen atoms in total. The SMILES string of the molecule is NCc1cccc(C(F)(F)c2ccncc2)c1. The third-order valence-corrected chi connectivity index (χ3v) is 2.57. The van der Waals surface area contributed by atoms with Crippen molar-refractivity contribution in [2.75, 3.05) is 0 Å². The molecule has 1 aromatic heterocycles. The standard InChI is InChI=1S/C13H12F2N2/c14-13(15,11-4-6-17-7-5-11)12-3-1-2-10(8-12)9-16/h1-8H,9,16H2. The molecule has 0 saturated heterocycles. The highest BCUT2D eigenvalue weighted by Crippen LogP contribution is 2.35. The van der Waals surface area contributed by atoms with Gasteiger partial charge in [-0.1, -0.05) is 18.2 Å². The van der Waals surface area contributed by atoms with E-state index in [-0.39, 0.29) is 17.7 Å². The van der Waals surface area contributed by atoms with Crippen LogP contribution in [0.15, 0.2) is 48.8 Å². The van der Waals surface area contributed by atoms with E-state index in [0.29, 0.717) is 5.56 Å². The van der Waals surface area contributed by atoms with Gasteiger partial charge in [0.05, 0.1) is 0 Å². The van der Waals surface area contributed by atoms with Crippen molar-refractivity contribution in [2.24, 2.45) is 5.73 Å². The van der Waals surface area contributed by atoms with Gasteiger partial charge < -0.3 is 5.73 Å². The topological polar surface area (TPSA) is 38.9 Å². The Balaban J connectivity index is 2.44. The van der Waals surface area contributed by atoms with Crippen molar-refractivity contribution >= 4 is 0 Å². The smallest absolute Gasteiger partial charge is 0.298 e. The summed E-state index contributed by atoms with van der Waals surface area (Å²) in [5.74, 6) is -3.02. The van der Waals surface area contributed by atoms with Gasteiger partial charge >= 0.3 is 0 Å². The quantitative estimate of drug-likeness (QED) is 0.886. The van der Waals surface area contributed by atoms with Crippen LogP contribution in [0.1, 0.15) is 16.7 Å². The summed E-state index contributed by atoms with van der Waals surface area (Å²) in [5.41, 5.74) is 6.02. The number of pyridine rings is 1. The summed E-state index contributed by atoms with van der Waals surface area (Å²) in [5, 5.41) is 0. The summed E-state index contributed by atoms with van der Waals surface area (Å²) in [6.45, 7) is 0.250. The van der Waals surface area contributed by atoms with Crippen LogP contribution < -0.4 is 5.73 Å². The van der Waals surface area contributed by atoms with E-state index in [1.54, 1.807) is 12.1 Å². The highest BCUT2D eigenvalue weighted by atomic mass is 19.3. The van der Waals surface area contributed by atoms with Crippen LogP contribution in [-0.2, 0) is 12.5 Å². The molecule has 0 atom stereocenters. The third-order valence-electron chi connectivity index (χ3n) is 2.57. The molecule has 0 spiro atoms. The maximum absolute atomic E-state index is 14.1. The number of halogens is 2. The molecule has 0 fully saturated rings. The Morgan fingerprint density at radius 3 is 2.41 bits per heavy atom. The highest BCUT2D eigenvalue weighted by molar-refractivity contribution is 5.34. The second-order valence-electron chi connectivity index (χ2n) is 3.71. The number of alkyl halides is 2. The Bertz CT molecular complexity index is 498. The first-order valence-corrected chi connectivity index (χ1v) is 5.22. The van der Waals surface area contributed by atoms with Gasteiger partial charge in [0, 0.05) is 30.1 Å². The summed E-state index contributed by atoms with van der Waals surface area (Å²) >= 11 is 0. The minimum absolute atomic E-state index is 0.0494. The zero-order valence-corrected chi connectivity index (χ0v) is 9.11. The Morgan fingerprint density at radius 1 is 1.06 bits per heavy atom. The van der Waals surface area contributed by atoms with Gasteiger partial charge in [0.2, 0.25) is 0 Å². The molecule has 2 rings (SSSR count). The van der Waals surface area contributed by atoms with E-state index in [2.05, 4.69) is 4.98 Å². The molecule has 0 aliphatic heterocycles. The molecule has 88 valence electrons. The van der Waals surface area contributed by atoms with Gasteiger partial charge in [-0.25, -0.2) is 0 Å². The fourth-order valence-corrected chi connectivity index (χ4v) is 1.62. The zero-order chi connectivity index (χ0) is 12.3. The molecule has 0 amide bonds. The van der Waals surface area contributed by atoms with Gasteiger partial charge in [-0.2, -0.15) is 8.78 Å². The maximum Gasteiger partial charge on any atom is 0.298 e. The van der Waals surface area contributed by atoms with E-state index in [0.717, 1.165) is 0 Å². The number of hydrogen-bond acceptors (Lipinski definition) is 2. The summed E-state index contributed by atoms with van der Waals surface area (Å²) in [6, 6.07) is 8.78. The minimum atomic E-state index is -3.02. The molecule has 1 aromatic carbocycles. The average Bonchev–Trinajstić information content (AvgIpc) is 2.40. The van der Waals surface area contributed by atoms with Gasteiger partial charge in [0.1, 0.15) is 0 Å².